The van der Waals surface area contributed by atoms with Gasteiger partial charge in [0, 0.05) is 26.2 Å². The maximum atomic E-state index is 13.9. The quantitative estimate of drug-likeness (QED) is 0.763. The standard InChI is InChI=1S/C24H30FN3O3/c1-30-21-9-7-18(8-10-21)22-6-3-11-28(22)24(29)26-17-23(27-12-14-31-15-13-27)19-4-2-5-20(25)16-19/h2,4-5,7-10,16,22-23H,3,6,11-15,17H2,1H3,(H,26,29). The highest BCUT2D eigenvalue weighted by atomic mass is 19.1. The summed E-state index contributed by atoms with van der Waals surface area (Å²) in [5, 5.41) is 3.12. The summed E-state index contributed by atoms with van der Waals surface area (Å²) in [5.41, 5.74) is 1.98. The molecule has 2 aromatic carbocycles. The monoisotopic (exact) mass is 427 g/mol. The number of amides is 2. The molecule has 7 heteroatoms. The molecule has 0 spiro atoms. The molecular weight excluding hydrogens is 397 g/mol. The number of ether oxygens (including phenoxy) is 2. The highest BCUT2D eigenvalue weighted by molar-refractivity contribution is 5.75. The normalized spacial score (nSPS) is 20.5. The van der Waals surface area contributed by atoms with Gasteiger partial charge in [0.05, 0.1) is 32.4 Å². The molecule has 31 heavy (non-hydrogen) atoms. The van der Waals surface area contributed by atoms with E-state index in [0.717, 1.165) is 49.4 Å². The first kappa shape index (κ1) is 21.6. The molecule has 2 aliphatic heterocycles. The fraction of sp³-hybridized carbons (Fsp3) is 0.458. The number of likely N-dealkylation sites (tertiary alicyclic amines) is 1. The van der Waals surface area contributed by atoms with Gasteiger partial charge < -0.3 is 19.7 Å². The van der Waals surface area contributed by atoms with Crippen LogP contribution in [-0.4, -0.2) is 62.3 Å². The van der Waals surface area contributed by atoms with Gasteiger partial charge in [0.1, 0.15) is 11.6 Å². The topological polar surface area (TPSA) is 54.0 Å². The number of nitrogens with zero attached hydrogens (tertiary/aromatic N) is 2. The van der Waals surface area contributed by atoms with Crippen molar-refractivity contribution in [3.8, 4) is 5.75 Å². The number of hydrogen-bond donors (Lipinski definition) is 1. The summed E-state index contributed by atoms with van der Waals surface area (Å²) in [6.45, 7) is 3.96. The second-order valence-electron chi connectivity index (χ2n) is 8.03. The summed E-state index contributed by atoms with van der Waals surface area (Å²) in [5.74, 6) is 0.544. The van der Waals surface area contributed by atoms with Crippen molar-refractivity contribution in [2.75, 3.05) is 46.5 Å². The third-order valence-electron chi connectivity index (χ3n) is 6.18. The molecule has 2 atom stereocenters. The zero-order chi connectivity index (χ0) is 21.6. The molecule has 2 fully saturated rings. The molecule has 2 aromatic rings. The van der Waals surface area contributed by atoms with Crippen molar-refractivity contribution in [2.45, 2.75) is 24.9 Å². The lowest BCUT2D eigenvalue weighted by Gasteiger charge is -2.35. The Labute approximate surface area is 182 Å². The lowest BCUT2D eigenvalue weighted by molar-refractivity contribution is 0.0164. The maximum absolute atomic E-state index is 13.9. The van der Waals surface area contributed by atoms with Crippen LogP contribution < -0.4 is 10.1 Å². The molecule has 2 saturated heterocycles. The number of benzene rings is 2. The van der Waals surface area contributed by atoms with Gasteiger partial charge >= 0.3 is 6.03 Å². The van der Waals surface area contributed by atoms with Gasteiger partial charge in [0.2, 0.25) is 0 Å². The van der Waals surface area contributed by atoms with Crippen LogP contribution in [0.15, 0.2) is 48.5 Å². The van der Waals surface area contributed by atoms with E-state index in [1.165, 1.54) is 6.07 Å². The first-order valence-electron chi connectivity index (χ1n) is 10.9. The number of methoxy groups -OCH3 is 1. The molecular formula is C24H30FN3O3. The minimum Gasteiger partial charge on any atom is -0.497 e. The van der Waals surface area contributed by atoms with Crippen molar-refractivity contribution in [3.05, 3.63) is 65.5 Å². The average molecular weight is 428 g/mol. The van der Waals surface area contributed by atoms with Gasteiger partial charge in [-0.3, -0.25) is 4.90 Å². The van der Waals surface area contributed by atoms with Gasteiger partial charge in [-0.05, 0) is 48.2 Å². The molecule has 2 amide bonds. The molecule has 2 aliphatic rings. The van der Waals surface area contributed by atoms with Gasteiger partial charge in [-0.1, -0.05) is 24.3 Å². The van der Waals surface area contributed by atoms with Gasteiger partial charge in [0.25, 0.3) is 0 Å². The van der Waals surface area contributed by atoms with Crippen LogP contribution in [0.2, 0.25) is 0 Å². The molecule has 6 nitrogen and oxygen atoms in total. The van der Waals surface area contributed by atoms with Gasteiger partial charge in [-0.2, -0.15) is 0 Å². The summed E-state index contributed by atoms with van der Waals surface area (Å²) in [6, 6.07) is 14.5. The molecule has 0 aliphatic carbocycles. The molecule has 0 radical (unpaired) electrons. The van der Waals surface area contributed by atoms with Crippen LogP contribution in [0.1, 0.15) is 36.1 Å². The third kappa shape index (κ3) is 5.17. The van der Waals surface area contributed by atoms with Crippen LogP contribution in [0.4, 0.5) is 9.18 Å². The van der Waals surface area contributed by atoms with E-state index < -0.39 is 0 Å². The molecule has 2 unspecified atom stereocenters. The molecule has 4 rings (SSSR count). The summed E-state index contributed by atoms with van der Waals surface area (Å²) in [7, 11) is 1.65. The highest BCUT2D eigenvalue weighted by Crippen LogP contribution is 2.33. The van der Waals surface area contributed by atoms with Gasteiger partial charge in [-0.15, -0.1) is 0 Å². The maximum Gasteiger partial charge on any atom is 0.317 e. The summed E-state index contributed by atoms with van der Waals surface area (Å²) in [6.07, 6.45) is 1.91. The molecule has 0 bridgehead atoms. The van der Waals surface area contributed by atoms with E-state index in [0.29, 0.717) is 19.8 Å². The molecule has 166 valence electrons. The molecule has 1 N–H and O–H groups in total. The number of nitrogens with one attached hydrogen (secondary N) is 1. The van der Waals surface area contributed by atoms with Gasteiger partial charge in [-0.25, -0.2) is 9.18 Å². The average Bonchev–Trinajstić information content (AvgIpc) is 3.30. The predicted molar refractivity (Wildman–Crippen MR) is 117 cm³/mol. The molecule has 2 heterocycles. The summed E-state index contributed by atoms with van der Waals surface area (Å²) < 4.78 is 24.6. The molecule has 0 saturated carbocycles. The lowest BCUT2D eigenvalue weighted by atomic mass is 10.0. The van der Waals surface area contributed by atoms with Crippen molar-refractivity contribution in [3.63, 3.8) is 0 Å². The summed E-state index contributed by atoms with van der Waals surface area (Å²) in [4.78, 5) is 17.3. The lowest BCUT2D eigenvalue weighted by Crippen LogP contribution is -2.46. The van der Waals surface area contributed by atoms with E-state index in [4.69, 9.17) is 9.47 Å². The highest BCUT2D eigenvalue weighted by Gasteiger charge is 2.31. The Morgan fingerprint density at radius 3 is 2.68 bits per heavy atom. The largest absolute Gasteiger partial charge is 0.497 e. The van der Waals surface area contributed by atoms with Crippen LogP contribution in [0, 0.1) is 5.82 Å². The number of morpholine rings is 1. The zero-order valence-electron chi connectivity index (χ0n) is 17.9. The minimum atomic E-state index is -0.263. The number of rotatable bonds is 6. The second kappa shape index (κ2) is 10.1. The van der Waals surface area contributed by atoms with Crippen LogP contribution in [0.5, 0.6) is 5.75 Å². The van der Waals surface area contributed by atoms with Crippen LogP contribution in [0.25, 0.3) is 0 Å². The van der Waals surface area contributed by atoms with E-state index >= 15 is 0 Å². The Morgan fingerprint density at radius 1 is 1.19 bits per heavy atom. The number of carbonyl (C=O) groups excluding carboxylic acids is 1. The number of carbonyl (C=O) groups is 1. The van der Waals surface area contributed by atoms with Crippen molar-refractivity contribution >= 4 is 6.03 Å². The predicted octanol–water partition coefficient (Wildman–Crippen LogP) is 3.75. The van der Waals surface area contributed by atoms with Crippen LogP contribution in [0.3, 0.4) is 0 Å². The van der Waals surface area contributed by atoms with Crippen LogP contribution in [-0.2, 0) is 4.74 Å². The van der Waals surface area contributed by atoms with E-state index in [1.54, 1.807) is 19.2 Å². The van der Waals surface area contributed by atoms with E-state index in [9.17, 15) is 9.18 Å². The Kier molecular flexibility index (Phi) is 7.04. The Hall–Kier alpha value is -2.64. The fourth-order valence-electron chi connectivity index (χ4n) is 4.53. The first-order valence-corrected chi connectivity index (χ1v) is 10.9. The number of halogens is 1. The van der Waals surface area contributed by atoms with Gasteiger partial charge in [0.15, 0.2) is 0 Å². The van der Waals surface area contributed by atoms with E-state index in [2.05, 4.69) is 10.2 Å². The number of hydrogen-bond acceptors (Lipinski definition) is 4. The first-order chi connectivity index (χ1) is 15.2. The van der Waals surface area contributed by atoms with Crippen molar-refractivity contribution in [1.29, 1.82) is 0 Å². The Bertz CT molecular complexity index is 871. The van der Waals surface area contributed by atoms with Crippen molar-refractivity contribution < 1.29 is 18.7 Å². The van der Waals surface area contributed by atoms with Crippen molar-refractivity contribution in [2.24, 2.45) is 0 Å². The Morgan fingerprint density at radius 2 is 1.97 bits per heavy atom. The molecule has 0 aromatic heterocycles. The second-order valence-corrected chi connectivity index (χ2v) is 8.03. The number of urea groups is 1. The summed E-state index contributed by atoms with van der Waals surface area (Å²) >= 11 is 0. The van der Waals surface area contributed by atoms with Crippen molar-refractivity contribution in [1.82, 2.24) is 15.1 Å². The third-order valence-corrected chi connectivity index (χ3v) is 6.18. The van der Waals surface area contributed by atoms with E-state index in [-0.39, 0.29) is 23.9 Å². The van der Waals surface area contributed by atoms with E-state index in [1.807, 2.05) is 35.2 Å². The zero-order valence-corrected chi connectivity index (χ0v) is 17.9. The fourth-order valence-corrected chi connectivity index (χ4v) is 4.53. The smallest absolute Gasteiger partial charge is 0.317 e. The van der Waals surface area contributed by atoms with Crippen LogP contribution >= 0.6 is 0 Å². The SMILES string of the molecule is COc1ccc(C2CCCN2C(=O)NCC(c2cccc(F)c2)N2CCOCC2)cc1. The minimum absolute atomic E-state index is 0.0573. The Balaban J connectivity index is 1.45.